The zero-order valence-corrected chi connectivity index (χ0v) is 18.9. The average molecular weight is 449 g/mol. The maximum absolute atomic E-state index is 6.42. The standard InChI is InChI=1S/C22H26Cl2N4O2/c1-28-22(26-12-5-4-11-25-14-20(29-2)30-3)18-8-6-7-17(21(18)27-28)16-10-9-15(23)13-19(16)24/h6-10,12-13,20,25H,4-5,11,14H2,1-3H3. The number of rotatable bonds is 10. The second kappa shape index (κ2) is 10.9. The van der Waals surface area contributed by atoms with Crippen LogP contribution in [0.5, 0.6) is 0 Å². The number of fused-ring (bicyclic) bond motifs is 1. The quantitative estimate of drug-likeness (QED) is 0.261. The van der Waals surface area contributed by atoms with Crippen LogP contribution < -0.4 is 5.32 Å². The van der Waals surface area contributed by atoms with Crippen LogP contribution in [0.25, 0.3) is 22.0 Å². The number of ether oxygens (including phenoxy) is 2. The Morgan fingerprint density at radius 2 is 1.97 bits per heavy atom. The normalized spacial score (nSPS) is 11.9. The largest absolute Gasteiger partial charge is 0.355 e. The molecule has 3 aromatic rings. The van der Waals surface area contributed by atoms with Crippen molar-refractivity contribution < 1.29 is 9.47 Å². The van der Waals surface area contributed by atoms with E-state index in [2.05, 4.69) is 10.3 Å². The van der Waals surface area contributed by atoms with Crippen LogP contribution in [0.4, 0.5) is 5.82 Å². The lowest BCUT2D eigenvalue weighted by Crippen LogP contribution is -2.30. The molecule has 0 bridgehead atoms. The van der Waals surface area contributed by atoms with E-state index in [0.717, 1.165) is 47.2 Å². The van der Waals surface area contributed by atoms with Crippen molar-refractivity contribution >= 4 is 46.1 Å². The SMILES string of the molecule is COC(CNCCCC=Nc1c2cccc(-c3ccc(Cl)cc3Cl)c2nn1C)OC. The zero-order valence-electron chi connectivity index (χ0n) is 17.4. The molecule has 160 valence electrons. The number of methoxy groups -OCH3 is 2. The van der Waals surface area contributed by atoms with E-state index < -0.39 is 0 Å². The van der Waals surface area contributed by atoms with Crippen molar-refractivity contribution in [1.82, 2.24) is 15.1 Å². The van der Waals surface area contributed by atoms with E-state index in [4.69, 9.17) is 37.8 Å². The predicted octanol–water partition coefficient (Wildman–Crippen LogP) is 5.24. The van der Waals surface area contributed by atoms with Gasteiger partial charge in [-0.05, 0) is 37.6 Å². The Kier molecular flexibility index (Phi) is 8.24. The van der Waals surface area contributed by atoms with Crippen molar-refractivity contribution in [2.45, 2.75) is 19.1 Å². The van der Waals surface area contributed by atoms with Crippen molar-refractivity contribution in [3.63, 3.8) is 0 Å². The molecule has 1 aromatic heterocycles. The van der Waals surface area contributed by atoms with Crippen LogP contribution in [0, 0.1) is 0 Å². The number of aliphatic imine (C=N–C) groups is 1. The molecule has 2 aromatic carbocycles. The Balaban J connectivity index is 1.70. The molecule has 8 heteroatoms. The van der Waals surface area contributed by atoms with Crippen molar-refractivity contribution in [3.05, 3.63) is 46.4 Å². The van der Waals surface area contributed by atoms with Gasteiger partial charge in [-0.25, -0.2) is 9.67 Å². The first-order chi connectivity index (χ1) is 14.5. The molecule has 0 saturated heterocycles. The number of nitrogens with one attached hydrogen (secondary N) is 1. The highest BCUT2D eigenvalue weighted by Crippen LogP contribution is 2.37. The van der Waals surface area contributed by atoms with Gasteiger partial charge in [0.1, 0.15) is 5.52 Å². The van der Waals surface area contributed by atoms with Gasteiger partial charge in [0.25, 0.3) is 0 Å². The molecule has 0 aliphatic heterocycles. The third-order valence-electron chi connectivity index (χ3n) is 4.79. The highest BCUT2D eigenvalue weighted by molar-refractivity contribution is 6.36. The van der Waals surface area contributed by atoms with Crippen LogP contribution >= 0.6 is 23.2 Å². The topological polar surface area (TPSA) is 60.7 Å². The molecule has 30 heavy (non-hydrogen) atoms. The molecule has 0 unspecified atom stereocenters. The summed E-state index contributed by atoms with van der Waals surface area (Å²) in [5, 5.41) is 10.2. The summed E-state index contributed by atoms with van der Waals surface area (Å²) in [5.41, 5.74) is 2.72. The van der Waals surface area contributed by atoms with E-state index >= 15 is 0 Å². The highest BCUT2D eigenvalue weighted by Gasteiger charge is 2.14. The molecule has 0 atom stereocenters. The predicted molar refractivity (Wildman–Crippen MR) is 124 cm³/mol. The summed E-state index contributed by atoms with van der Waals surface area (Å²) in [4.78, 5) is 4.67. The van der Waals surface area contributed by atoms with Gasteiger partial charge in [0.15, 0.2) is 12.1 Å². The molecule has 0 radical (unpaired) electrons. The number of hydrogen-bond donors (Lipinski definition) is 1. The monoisotopic (exact) mass is 448 g/mol. The number of halogens is 2. The summed E-state index contributed by atoms with van der Waals surface area (Å²) in [5.74, 6) is 0.823. The smallest absolute Gasteiger partial charge is 0.169 e. The van der Waals surface area contributed by atoms with Gasteiger partial charge in [0.2, 0.25) is 0 Å². The molecule has 0 aliphatic rings. The summed E-state index contributed by atoms with van der Waals surface area (Å²) in [6, 6.07) is 11.5. The third-order valence-corrected chi connectivity index (χ3v) is 5.34. The Hall–Kier alpha value is -1.96. The molecule has 0 saturated carbocycles. The lowest BCUT2D eigenvalue weighted by Gasteiger charge is -2.13. The van der Waals surface area contributed by atoms with Crippen LogP contribution in [-0.4, -0.2) is 49.6 Å². The summed E-state index contributed by atoms with van der Waals surface area (Å²) in [6.45, 7) is 1.52. The molecule has 6 nitrogen and oxygen atoms in total. The van der Waals surface area contributed by atoms with Crippen molar-refractivity contribution in [2.75, 3.05) is 27.3 Å². The molecule has 3 rings (SSSR count). The van der Waals surface area contributed by atoms with Gasteiger partial charge < -0.3 is 14.8 Å². The highest BCUT2D eigenvalue weighted by atomic mass is 35.5. The van der Waals surface area contributed by atoms with E-state index in [9.17, 15) is 0 Å². The van der Waals surface area contributed by atoms with Gasteiger partial charge in [-0.3, -0.25) is 0 Å². The number of nitrogens with zero attached hydrogens (tertiary/aromatic N) is 3. The number of unbranched alkanes of at least 4 members (excludes halogenated alkanes) is 1. The fraction of sp³-hybridized carbons (Fsp3) is 0.364. The summed E-state index contributed by atoms with van der Waals surface area (Å²) in [6.07, 6.45) is 3.53. The van der Waals surface area contributed by atoms with E-state index in [0.29, 0.717) is 16.6 Å². The Morgan fingerprint density at radius 1 is 1.17 bits per heavy atom. The fourth-order valence-corrected chi connectivity index (χ4v) is 3.74. The van der Waals surface area contributed by atoms with Crippen molar-refractivity contribution in [3.8, 4) is 11.1 Å². The maximum Gasteiger partial charge on any atom is 0.169 e. The van der Waals surface area contributed by atoms with Gasteiger partial charge in [-0.15, -0.1) is 0 Å². The van der Waals surface area contributed by atoms with E-state index in [1.165, 1.54) is 0 Å². The first-order valence-corrected chi connectivity index (χ1v) is 10.5. The summed E-state index contributed by atoms with van der Waals surface area (Å²) in [7, 11) is 5.16. The molecule has 1 heterocycles. The molecule has 0 spiro atoms. The van der Waals surface area contributed by atoms with Crippen LogP contribution in [0.15, 0.2) is 41.4 Å². The van der Waals surface area contributed by atoms with Crippen LogP contribution in [0.1, 0.15) is 12.8 Å². The van der Waals surface area contributed by atoms with Gasteiger partial charge in [-0.1, -0.05) is 41.4 Å². The van der Waals surface area contributed by atoms with Gasteiger partial charge in [0.05, 0.1) is 0 Å². The number of hydrogen-bond acceptors (Lipinski definition) is 5. The minimum atomic E-state index is -0.220. The second-order valence-electron chi connectivity index (χ2n) is 6.83. The van der Waals surface area contributed by atoms with Gasteiger partial charge in [0, 0.05) is 60.6 Å². The zero-order chi connectivity index (χ0) is 21.5. The van der Waals surface area contributed by atoms with Crippen LogP contribution in [-0.2, 0) is 16.5 Å². The number of benzene rings is 2. The second-order valence-corrected chi connectivity index (χ2v) is 7.68. The fourth-order valence-electron chi connectivity index (χ4n) is 3.23. The third kappa shape index (κ3) is 5.39. The lowest BCUT2D eigenvalue weighted by atomic mass is 10.0. The Labute approximate surface area is 186 Å². The Bertz CT molecular complexity index is 1020. The van der Waals surface area contributed by atoms with Crippen LogP contribution in [0.3, 0.4) is 0 Å². The number of aromatic nitrogens is 2. The lowest BCUT2D eigenvalue weighted by molar-refractivity contribution is -0.0986. The summed E-state index contributed by atoms with van der Waals surface area (Å²) >= 11 is 12.5. The molecule has 0 aliphatic carbocycles. The van der Waals surface area contributed by atoms with Gasteiger partial charge >= 0.3 is 0 Å². The first kappa shape index (κ1) is 22.7. The van der Waals surface area contributed by atoms with Crippen LogP contribution in [0.2, 0.25) is 10.0 Å². The van der Waals surface area contributed by atoms with Crippen molar-refractivity contribution in [2.24, 2.45) is 12.0 Å². The molecule has 1 N–H and O–H groups in total. The molecule has 0 amide bonds. The van der Waals surface area contributed by atoms with Crippen molar-refractivity contribution in [1.29, 1.82) is 0 Å². The van der Waals surface area contributed by atoms with E-state index in [1.54, 1.807) is 25.0 Å². The minimum absolute atomic E-state index is 0.220. The summed E-state index contributed by atoms with van der Waals surface area (Å²) < 4.78 is 12.1. The molecular formula is C22H26Cl2N4O2. The van der Waals surface area contributed by atoms with E-state index in [-0.39, 0.29) is 6.29 Å². The first-order valence-electron chi connectivity index (χ1n) is 9.75. The minimum Gasteiger partial charge on any atom is -0.355 e. The molecule has 0 fully saturated rings. The molecular weight excluding hydrogens is 423 g/mol. The van der Waals surface area contributed by atoms with Gasteiger partial charge in [-0.2, -0.15) is 5.10 Å². The Morgan fingerprint density at radius 3 is 2.70 bits per heavy atom. The average Bonchev–Trinajstić information content (AvgIpc) is 3.06. The number of aryl methyl sites for hydroxylation is 1. The maximum atomic E-state index is 6.42. The van der Waals surface area contributed by atoms with E-state index in [1.807, 2.05) is 43.6 Å².